The Bertz CT molecular complexity index is 237. The summed E-state index contributed by atoms with van der Waals surface area (Å²) in [5, 5.41) is 0. The van der Waals surface area contributed by atoms with E-state index in [-0.39, 0.29) is 24.6 Å². The van der Waals surface area contributed by atoms with E-state index >= 15 is 0 Å². The first-order valence-electron chi connectivity index (χ1n) is 4.27. The van der Waals surface area contributed by atoms with Crippen LogP contribution in [0.5, 0.6) is 0 Å². The van der Waals surface area contributed by atoms with E-state index in [1.165, 1.54) is 11.1 Å². The molecule has 0 bridgehead atoms. The molecule has 0 fully saturated rings. The summed E-state index contributed by atoms with van der Waals surface area (Å²) in [6.45, 7) is 4.22. The Hall–Kier alpha value is -0.326. The van der Waals surface area contributed by atoms with Crippen LogP contribution < -0.4 is 0 Å². The Balaban J connectivity index is -0.000000165. The van der Waals surface area contributed by atoms with Gasteiger partial charge in [-0.1, -0.05) is 6.92 Å². The van der Waals surface area contributed by atoms with E-state index in [1.54, 1.807) is 0 Å². The predicted octanol–water partition coefficient (Wildman–Crippen LogP) is 3.61. The predicted molar refractivity (Wildman–Crippen MR) is 54.6 cm³/mol. The van der Waals surface area contributed by atoms with Crippen LogP contribution in [-0.2, 0) is 21.7 Å². The molecule has 0 nitrogen and oxygen atoms in total. The summed E-state index contributed by atoms with van der Waals surface area (Å²) < 4.78 is 0. The summed E-state index contributed by atoms with van der Waals surface area (Å²) >= 11 is 0. The van der Waals surface area contributed by atoms with Crippen LogP contribution in [0, 0.1) is 12.2 Å². The Kier molecular flexibility index (Phi) is 6.94. The summed E-state index contributed by atoms with van der Waals surface area (Å²) in [5.41, 5.74) is 2.71. The van der Waals surface area contributed by atoms with Gasteiger partial charge in [-0.25, -0.2) is 23.3 Å². The number of hydrogen-bond acceptors (Lipinski definition) is 0. The molecule has 0 amide bonds. The van der Waals surface area contributed by atoms with Crippen LogP contribution in [0.25, 0.3) is 0 Å². The molecule has 2 aliphatic rings. The molecule has 0 atom stereocenters. The van der Waals surface area contributed by atoms with Gasteiger partial charge in [0.1, 0.15) is 0 Å². The van der Waals surface area contributed by atoms with Crippen molar-refractivity contribution in [3.8, 4) is 0 Å². The second-order valence-corrected chi connectivity index (χ2v) is 2.90. The molecule has 0 saturated carbocycles. The normalized spacial score (nSPS) is 17.1. The topological polar surface area (TPSA) is 0 Å². The Labute approximate surface area is 99.0 Å². The number of allylic oxidation sites excluding steroid dienone is 8. The molecule has 0 spiro atoms. The van der Waals surface area contributed by atoms with Gasteiger partial charge in [0, 0.05) is 0 Å². The fourth-order valence-corrected chi connectivity index (χ4v) is 0.990. The van der Waals surface area contributed by atoms with Gasteiger partial charge in [0.05, 0.1) is 0 Å². The molecule has 68 valence electrons. The van der Waals surface area contributed by atoms with E-state index < -0.39 is 0 Å². The van der Waals surface area contributed by atoms with E-state index in [0.717, 1.165) is 12.8 Å². The quantitative estimate of drug-likeness (QED) is 0.421. The molecule has 13 heavy (non-hydrogen) atoms. The van der Waals surface area contributed by atoms with Crippen molar-refractivity contribution in [2.75, 3.05) is 0 Å². The zero-order valence-corrected chi connectivity index (χ0v) is 9.79. The minimum Gasteiger partial charge on any atom is -1.00 e. The van der Waals surface area contributed by atoms with Crippen molar-refractivity contribution in [2.45, 2.75) is 26.7 Å². The van der Waals surface area contributed by atoms with Crippen molar-refractivity contribution in [1.29, 1.82) is 0 Å². The molecular weight excluding hydrogens is 192 g/mol. The molecule has 0 heterocycles. The average Bonchev–Trinajstić information content (AvgIpc) is 2.67. The van der Waals surface area contributed by atoms with Crippen LogP contribution in [0.3, 0.4) is 0 Å². The summed E-state index contributed by atoms with van der Waals surface area (Å²) in [6, 6.07) is 0. The van der Waals surface area contributed by atoms with Gasteiger partial charge >= 0.3 is 21.7 Å². The molecule has 0 saturated heterocycles. The Morgan fingerprint density at radius 2 is 2.08 bits per heavy atom. The van der Waals surface area contributed by atoms with Crippen molar-refractivity contribution >= 4 is 0 Å². The second kappa shape index (κ2) is 7.11. The minimum atomic E-state index is 0. The molecule has 0 N–H and O–H groups in total. The van der Waals surface area contributed by atoms with Crippen molar-refractivity contribution in [2.24, 2.45) is 0 Å². The van der Waals surface area contributed by atoms with E-state index in [2.05, 4.69) is 38.2 Å². The van der Waals surface area contributed by atoms with Gasteiger partial charge in [-0.2, -0.15) is 12.2 Å². The van der Waals surface area contributed by atoms with Crippen LogP contribution in [-0.4, -0.2) is 0 Å². The summed E-state index contributed by atoms with van der Waals surface area (Å²) in [6.07, 6.45) is 16.4. The fourth-order valence-electron chi connectivity index (χ4n) is 0.990. The zero-order chi connectivity index (χ0) is 8.81. The minimum absolute atomic E-state index is 0. The van der Waals surface area contributed by atoms with Gasteiger partial charge in [-0.05, 0) is 0 Å². The van der Waals surface area contributed by atoms with E-state index in [1.807, 2.05) is 12.2 Å². The van der Waals surface area contributed by atoms with Crippen LogP contribution in [0.4, 0.5) is 0 Å². The third-order valence-corrected chi connectivity index (χ3v) is 1.95. The first-order chi connectivity index (χ1) is 5.80. The van der Waals surface area contributed by atoms with E-state index in [0.29, 0.717) is 0 Å². The molecular formula is C12H16Ti. The van der Waals surface area contributed by atoms with Gasteiger partial charge in [0.25, 0.3) is 0 Å². The van der Waals surface area contributed by atoms with Crippen LogP contribution in [0.2, 0.25) is 0 Å². The summed E-state index contributed by atoms with van der Waals surface area (Å²) in [7, 11) is 0. The maximum Gasteiger partial charge on any atom is 4.00 e. The standard InChI is InChI=1S/C7H9.C5H5.Ti.2H/c1-6-4-3-5-7(6)2;1-2-4-5-3-1;;;/h4H,3H2,1-2H3;1-3H,4H2;;;/q2*-1;+4;2*-1. The van der Waals surface area contributed by atoms with Gasteiger partial charge in [-0.3, -0.25) is 12.2 Å². The first kappa shape index (κ1) is 12.7. The van der Waals surface area contributed by atoms with Gasteiger partial charge < -0.3 is 2.85 Å². The third kappa shape index (κ3) is 5.07. The van der Waals surface area contributed by atoms with Crippen molar-refractivity contribution < 1.29 is 24.6 Å². The molecule has 0 aromatic rings. The molecule has 2 rings (SSSR count). The van der Waals surface area contributed by atoms with Gasteiger partial charge in [0.2, 0.25) is 0 Å². The van der Waals surface area contributed by atoms with Gasteiger partial charge in [0.15, 0.2) is 0 Å². The fraction of sp³-hybridized carbons (Fsp3) is 0.333. The van der Waals surface area contributed by atoms with Gasteiger partial charge in [-0.15, -0.1) is 19.8 Å². The summed E-state index contributed by atoms with van der Waals surface area (Å²) in [4.78, 5) is 0. The Morgan fingerprint density at radius 1 is 1.31 bits per heavy atom. The van der Waals surface area contributed by atoms with Crippen LogP contribution in [0.1, 0.15) is 29.5 Å². The molecule has 0 aliphatic heterocycles. The average molecular weight is 208 g/mol. The molecule has 0 radical (unpaired) electrons. The third-order valence-electron chi connectivity index (χ3n) is 1.95. The zero-order valence-electron chi connectivity index (χ0n) is 10.2. The molecule has 2 aliphatic carbocycles. The summed E-state index contributed by atoms with van der Waals surface area (Å²) in [5.74, 6) is 0. The number of hydrogen-bond donors (Lipinski definition) is 0. The van der Waals surface area contributed by atoms with Crippen molar-refractivity contribution in [1.82, 2.24) is 0 Å². The smallest absolute Gasteiger partial charge is 1.00 e. The monoisotopic (exact) mass is 208 g/mol. The Morgan fingerprint density at radius 3 is 2.23 bits per heavy atom. The molecule has 0 aromatic heterocycles. The van der Waals surface area contributed by atoms with E-state index in [9.17, 15) is 0 Å². The maximum atomic E-state index is 3.19. The molecule has 1 heteroatoms. The van der Waals surface area contributed by atoms with Crippen molar-refractivity contribution in [3.63, 3.8) is 0 Å². The van der Waals surface area contributed by atoms with Crippen LogP contribution >= 0.6 is 0 Å². The SMILES string of the molecule is CC1=[C-]CC=C1C.[C-]1=CC=CC1.[H-].[H-].[Ti+4]. The first-order valence-corrected chi connectivity index (χ1v) is 4.27. The molecule has 0 unspecified atom stereocenters. The van der Waals surface area contributed by atoms with Crippen LogP contribution in [0.15, 0.2) is 35.5 Å². The van der Waals surface area contributed by atoms with Crippen molar-refractivity contribution in [3.05, 3.63) is 47.6 Å². The maximum absolute atomic E-state index is 3.19. The molecule has 0 aromatic carbocycles. The van der Waals surface area contributed by atoms with E-state index in [4.69, 9.17) is 0 Å². The number of rotatable bonds is 0. The largest absolute Gasteiger partial charge is 4.00 e. The second-order valence-electron chi connectivity index (χ2n) is 2.90.